The van der Waals surface area contributed by atoms with Crippen molar-refractivity contribution in [2.24, 2.45) is 5.73 Å². The lowest BCUT2D eigenvalue weighted by molar-refractivity contribution is 0.639. The molecule has 2 nitrogen and oxygen atoms in total. The molecule has 0 aliphatic carbocycles. The molecule has 0 saturated carbocycles. The summed E-state index contributed by atoms with van der Waals surface area (Å²) in [4.78, 5) is 0. The second kappa shape index (κ2) is 4.78. The van der Waals surface area contributed by atoms with Gasteiger partial charge in [0.2, 0.25) is 0 Å². The molecule has 2 heteroatoms. The summed E-state index contributed by atoms with van der Waals surface area (Å²) in [6.07, 6.45) is 4.40. The van der Waals surface area contributed by atoms with Crippen LogP contribution in [0, 0.1) is 5.41 Å². The summed E-state index contributed by atoms with van der Waals surface area (Å²) < 4.78 is 0. The van der Waals surface area contributed by atoms with Gasteiger partial charge >= 0.3 is 0 Å². The van der Waals surface area contributed by atoms with E-state index in [-0.39, 0.29) is 0 Å². The maximum absolute atomic E-state index is 6.68. The Balaban J connectivity index is 2.81. The average molecular weight is 114 g/mol. The summed E-state index contributed by atoms with van der Waals surface area (Å²) in [6, 6.07) is 0.301. The topological polar surface area (TPSA) is 49.9 Å². The first-order valence-electron chi connectivity index (χ1n) is 3.02. The molecule has 1 unspecified atom stereocenters. The highest BCUT2D eigenvalue weighted by atomic mass is 14.6. The van der Waals surface area contributed by atoms with E-state index in [1.54, 1.807) is 0 Å². The number of nitrogens with two attached hydrogens (primary N) is 1. The summed E-state index contributed by atoms with van der Waals surface area (Å²) in [5, 5.41) is 6.68. The van der Waals surface area contributed by atoms with E-state index >= 15 is 0 Å². The zero-order valence-electron chi connectivity index (χ0n) is 5.35. The van der Waals surface area contributed by atoms with Gasteiger partial charge in [0, 0.05) is 6.04 Å². The first-order valence-corrected chi connectivity index (χ1v) is 3.02. The molecular weight excluding hydrogens is 100 g/mol. The molecule has 0 aliphatic heterocycles. The van der Waals surface area contributed by atoms with Crippen LogP contribution in [-0.2, 0) is 0 Å². The van der Waals surface area contributed by atoms with Gasteiger partial charge in [-0.3, -0.25) is 0 Å². The van der Waals surface area contributed by atoms with Gasteiger partial charge in [0.15, 0.2) is 0 Å². The third-order valence-electron chi connectivity index (χ3n) is 1.01. The number of rotatable bonds is 4. The Morgan fingerprint density at radius 3 is 2.75 bits per heavy atom. The van der Waals surface area contributed by atoms with E-state index in [0.29, 0.717) is 6.04 Å². The summed E-state index contributed by atoms with van der Waals surface area (Å²) in [5.74, 6) is 0. The molecule has 0 aromatic carbocycles. The fraction of sp³-hybridized carbons (Fsp3) is 0.833. The second-order valence-electron chi connectivity index (χ2n) is 2.11. The number of nitrogens with one attached hydrogen (secondary N) is 1. The van der Waals surface area contributed by atoms with Crippen molar-refractivity contribution < 1.29 is 0 Å². The van der Waals surface area contributed by atoms with E-state index in [2.05, 4.69) is 0 Å². The van der Waals surface area contributed by atoms with Gasteiger partial charge in [-0.2, -0.15) is 0 Å². The van der Waals surface area contributed by atoms with Gasteiger partial charge in [0.25, 0.3) is 0 Å². The minimum Gasteiger partial charge on any atom is -0.328 e. The van der Waals surface area contributed by atoms with Crippen molar-refractivity contribution in [3.63, 3.8) is 0 Å². The molecular formula is C6H14N2. The van der Waals surface area contributed by atoms with Gasteiger partial charge < -0.3 is 11.1 Å². The van der Waals surface area contributed by atoms with Crippen LogP contribution in [0.25, 0.3) is 0 Å². The van der Waals surface area contributed by atoms with Crippen molar-refractivity contribution in [2.45, 2.75) is 32.2 Å². The van der Waals surface area contributed by atoms with Crippen LogP contribution in [-0.4, -0.2) is 12.3 Å². The quantitative estimate of drug-likeness (QED) is 0.418. The number of unbranched alkanes of at least 4 members (excludes halogenated alkanes) is 1. The van der Waals surface area contributed by atoms with E-state index in [9.17, 15) is 0 Å². The smallest absolute Gasteiger partial charge is 0.00106 e. The van der Waals surface area contributed by atoms with Gasteiger partial charge in [-0.1, -0.05) is 0 Å². The van der Waals surface area contributed by atoms with Crippen LogP contribution in [0.2, 0.25) is 0 Å². The molecule has 1 atom stereocenters. The third-order valence-corrected chi connectivity index (χ3v) is 1.01. The van der Waals surface area contributed by atoms with Gasteiger partial charge in [0.05, 0.1) is 0 Å². The predicted octanol–water partition coefficient (Wildman–Crippen LogP) is 1.15. The summed E-state index contributed by atoms with van der Waals surface area (Å²) >= 11 is 0. The zero-order valence-corrected chi connectivity index (χ0v) is 5.35. The van der Waals surface area contributed by atoms with Crippen LogP contribution in [0.15, 0.2) is 0 Å². The number of hydrogen-bond donors (Lipinski definition) is 2. The maximum atomic E-state index is 6.68. The molecule has 0 aliphatic rings. The Labute approximate surface area is 50.6 Å². The van der Waals surface area contributed by atoms with Crippen LogP contribution in [0.3, 0.4) is 0 Å². The summed E-state index contributed by atoms with van der Waals surface area (Å²) in [7, 11) is 0. The molecule has 3 N–H and O–H groups in total. The Hall–Kier alpha value is -0.370. The average Bonchev–Trinajstić information content (AvgIpc) is 1.66. The number of hydrogen-bond acceptors (Lipinski definition) is 2. The maximum Gasteiger partial charge on any atom is 0.00106 e. The molecule has 0 radical (unpaired) electrons. The van der Waals surface area contributed by atoms with Crippen LogP contribution in [0.4, 0.5) is 0 Å². The molecule has 0 heterocycles. The minimum absolute atomic E-state index is 0.301. The molecule has 48 valence electrons. The van der Waals surface area contributed by atoms with Gasteiger partial charge in [0.1, 0.15) is 0 Å². The van der Waals surface area contributed by atoms with Crippen LogP contribution < -0.4 is 5.73 Å². The van der Waals surface area contributed by atoms with Crippen LogP contribution in [0.1, 0.15) is 26.2 Å². The predicted molar refractivity (Wildman–Crippen MR) is 36.3 cm³/mol. The van der Waals surface area contributed by atoms with E-state index < -0.39 is 0 Å². The molecule has 0 rings (SSSR count). The molecule has 0 fully saturated rings. The first kappa shape index (κ1) is 7.63. The molecule has 0 amide bonds. The van der Waals surface area contributed by atoms with Crippen molar-refractivity contribution in [3.8, 4) is 0 Å². The molecule has 0 aromatic heterocycles. The lowest BCUT2D eigenvalue weighted by atomic mass is 10.2. The Bertz CT molecular complexity index is 59.5. The Morgan fingerprint density at radius 2 is 2.38 bits per heavy atom. The van der Waals surface area contributed by atoms with Crippen molar-refractivity contribution in [1.82, 2.24) is 0 Å². The first-order chi connectivity index (χ1) is 3.77. The minimum atomic E-state index is 0.301. The second-order valence-corrected chi connectivity index (χ2v) is 2.11. The van der Waals surface area contributed by atoms with E-state index in [4.69, 9.17) is 11.1 Å². The van der Waals surface area contributed by atoms with Gasteiger partial charge in [-0.05, 0) is 32.4 Å². The molecule has 0 saturated heterocycles. The van der Waals surface area contributed by atoms with Crippen molar-refractivity contribution >= 4 is 6.21 Å². The van der Waals surface area contributed by atoms with Crippen molar-refractivity contribution in [1.29, 1.82) is 5.41 Å². The largest absolute Gasteiger partial charge is 0.328 e. The summed E-state index contributed by atoms with van der Waals surface area (Å²) in [6.45, 7) is 1.99. The highest BCUT2D eigenvalue weighted by Crippen LogP contribution is 1.94. The Kier molecular flexibility index (Phi) is 4.56. The third kappa shape index (κ3) is 5.63. The molecule has 8 heavy (non-hydrogen) atoms. The Morgan fingerprint density at radius 1 is 1.75 bits per heavy atom. The van der Waals surface area contributed by atoms with Crippen LogP contribution in [0.5, 0.6) is 0 Å². The fourth-order valence-electron chi connectivity index (χ4n) is 0.542. The van der Waals surface area contributed by atoms with E-state index in [1.165, 1.54) is 6.21 Å². The van der Waals surface area contributed by atoms with Gasteiger partial charge in [-0.15, -0.1) is 0 Å². The molecule has 0 bridgehead atoms. The fourth-order valence-corrected chi connectivity index (χ4v) is 0.542. The van der Waals surface area contributed by atoms with Crippen LogP contribution >= 0.6 is 0 Å². The van der Waals surface area contributed by atoms with E-state index in [0.717, 1.165) is 19.3 Å². The van der Waals surface area contributed by atoms with E-state index in [1.807, 2.05) is 6.92 Å². The SMILES string of the molecule is CC(N)CCCC=N. The normalized spacial score (nSPS) is 13.2. The monoisotopic (exact) mass is 114 g/mol. The van der Waals surface area contributed by atoms with Crippen molar-refractivity contribution in [2.75, 3.05) is 0 Å². The molecule has 0 spiro atoms. The standard InChI is InChI=1S/C6H14N2/c1-6(8)4-2-3-5-7/h5-7H,2-4,8H2,1H3. The molecule has 0 aromatic rings. The lowest BCUT2D eigenvalue weighted by Crippen LogP contribution is -2.13. The lowest BCUT2D eigenvalue weighted by Gasteiger charge is -1.99. The van der Waals surface area contributed by atoms with Crippen molar-refractivity contribution in [3.05, 3.63) is 0 Å². The summed E-state index contributed by atoms with van der Waals surface area (Å²) in [5.41, 5.74) is 5.46. The zero-order chi connectivity index (χ0) is 6.41. The highest BCUT2D eigenvalue weighted by molar-refractivity contribution is 5.52. The highest BCUT2D eigenvalue weighted by Gasteiger charge is 1.90. The van der Waals surface area contributed by atoms with Gasteiger partial charge in [-0.25, -0.2) is 0 Å².